The second-order valence-corrected chi connectivity index (χ2v) is 6.40. The van der Waals surface area contributed by atoms with Gasteiger partial charge in [-0.1, -0.05) is 6.42 Å². The van der Waals surface area contributed by atoms with Gasteiger partial charge in [0.2, 0.25) is 5.91 Å². The number of amides is 1. The van der Waals surface area contributed by atoms with Crippen LogP contribution in [0.4, 0.5) is 0 Å². The van der Waals surface area contributed by atoms with Crippen molar-refractivity contribution in [2.24, 2.45) is 5.92 Å². The molecule has 2 rings (SSSR count). The van der Waals surface area contributed by atoms with E-state index in [2.05, 4.69) is 10.3 Å². The van der Waals surface area contributed by atoms with Gasteiger partial charge in [-0.15, -0.1) is 11.3 Å². The highest BCUT2D eigenvalue weighted by molar-refractivity contribution is 7.09. The Labute approximate surface area is 129 Å². The van der Waals surface area contributed by atoms with Crippen molar-refractivity contribution in [3.05, 3.63) is 16.1 Å². The topological polar surface area (TPSA) is 71.5 Å². The van der Waals surface area contributed by atoms with E-state index in [0.717, 1.165) is 30.0 Å². The van der Waals surface area contributed by atoms with Gasteiger partial charge in [0.1, 0.15) is 11.1 Å². The molecule has 1 fully saturated rings. The third kappa shape index (κ3) is 4.76. The van der Waals surface area contributed by atoms with Crippen LogP contribution in [0.15, 0.2) is 5.38 Å². The molecule has 0 saturated heterocycles. The zero-order valence-corrected chi connectivity index (χ0v) is 13.5. The predicted octanol–water partition coefficient (Wildman–Crippen LogP) is 2.06. The molecule has 0 bridgehead atoms. The lowest BCUT2D eigenvalue weighted by Gasteiger charge is -2.14. The number of thiazole rings is 1. The van der Waals surface area contributed by atoms with Crippen LogP contribution in [0, 0.1) is 5.92 Å². The minimum Gasteiger partial charge on any atom is -0.393 e. The molecule has 1 aliphatic carbocycles. The Morgan fingerprint density at radius 3 is 3.10 bits per heavy atom. The lowest BCUT2D eigenvalue weighted by molar-refractivity contribution is -0.120. The first kappa shape index (κ1) is 16.4. The summed E-state index contributed by atoms with van der Waals surface area (Å²) in [4.78, 5) is 16.4. The van der Waals surface area contributed by atoms with Crippen LogP contribution >= 0.6 is 11.3 Å². The summed E-state index contributed by atoms with van der Waals surface area (Å²) in [5, 5.41) is 15.5. The van der Waals surface area contributed by atoms with E-state index >= 15 is 0 Å². The van der Waals surface area contributed by atoms with E-state index in [9.17, 15) is 9.90 Å². The first-order valence-electron chi connectivity index (χ1n) is 7.60. The standard InChI is InChI=1S/C15H24N2O3S/c1-3-20-10(2)15-17-12(9-21-15)7-14(19)16-8-11-5-4-6-13(11)18/h9-11,13,18H,3-8H2,1-2H3,(H,16,19). The molecule has 1 aromatic heterocycles. The number of hydrogen-bond donors (Lipinski definition) is 2. The minimum atomic E-state index is -0.261. The highest BCUT2D eigenvalue weighted by atomic mass is 32.1. The number of aromatic nitrogens is 1. The van der Waals surface area contributed by atoms with Crippen molar-refractivity contribution in [1.29, 1.82) is 0 Å². The Hall–Kier alpha value is -0.980. The summed E-state index contributed by atoms with van der Waals surface area (Å²) in [6.07, 6.45) is 2.90. The van der Waals surface area contributed by atoms with E-state index in [-0.39, 0.29) is 30.5 Å². The van der Waals surface area contributed by atoms with Crippen molar-refractivity contribution in [2.45, 2.75) is 51.7 Å². The largest absolute Gasteiger partial charge is 0.393 e. The zero-order valence-electron chi connectivity index (χ0n) is 12.7. The third-order valence-electron chi connectivity index (χ3n) is 3.86. The van der Waals surface area contributed by atoms with Crippen molar-refractivity contribution >= 4 is 17.2 Å². The van der Waals surface area contributed by atoms with Crippen LogP contribution in [0.5, 0.6) is 0 Å². The number of carbonyl (C=O) groups is 1. The Kier molecular flexibility index (Phi) is 6.14. The van der Waals surface area contributed by atoms with Crippen LogP contribution in [-0.4, -0.2) is 35.3 Å². The smallest absolute Gasteiger partial charge is 0.226 e. The summed E-state index contributed by atoms with van der Waals surface area (Å²) in [5.41, 5.74) is 0.783. The van der Waals surface area contributed by atoms with Gasteiger partial charge >= 0.3 is 0 Å². The molecule has 0 aromatic carbocycles. The van der Waals surface area contributed by atoms with Gasteiger partial charge < -0.3 is 15.2 Å². The summed E-state index contributed by atoms with van der Waals surface area (Å²) in [6, 6.07) is 0. The molecule has 0 aliphatic heterocycles. The second kappa shape index (κ2) is 7.87. The molecule has 1 saturated carbocycles. The first-order valence-corrected chi connectivity index (χ1v) is 8.48. The quantitative estimate of drug-likeness (QED) is 0.808. The van der Waals surface area contributed by atoms with Crippen molar-refractivity contribution in [3.8, 4) is 0 Å². The zero-order chi connectivity index (χ0) is 15.2. The minimum absolute atomic E-state index is 0.0227. The van der Waals surface area contributed by atoms with Gasteiger partial charge in [0.25, 0.3) is 0 Å². The van der Waals surface area contributed by atoms with E-state index < -0.39 is 0 Å². The average molecular weight is 312 g/mol. The number of hydrogen-bond acceptors (Lipinski definition) is 5. The highest BCUT2D eigenvalue weighted by Gasteiger charge is 2.25. The molecule has 0 radical (unpaired) electrons. The van der Waals surface area contributed by atoms with E-state index in [1.807, 2.05) is 19.2 Å². The van der Waals surface area contributed by atoms with Gasteiger partial charge in [0.05, 0.1) is 18.2 Å². The SMILES string of the molecule is CCOC(C)c1nc(CC(=O)NCC2CCCC2O)cs1. The Bertz CT molecular complexity index is 464. The maximum Gasteiger partial charge on any atom is 0.226 e. The van der Waals surface area contributed by atoms with Gasteiger partial charge in [0, 0.05) is 24.4 Å². The fourth-order valence-corrected chi connectivity index (χ4v) is 3.46. The molecular formula is C15H24N2O3S. The number of nitrogens with one attached hydrogen (secondary N) is 1. The summed E-state index contributed by atoms with van der Waals surface area (Å²) >= 11 is 1.53. The van der Waals surface area contributed by atoms with Crippen LogP contribution < -0.4 is 5.32 Å². The molecule has 1 amide bonds. The maximum atomic E-state index is 11.9. The molecule has 3 atom stereocenters. The van der Waals surface area contributed by atoms with E-state index in [0.29, 0.717) is 13.2 Å². The molecule has 0 spiro atoms. The Morgan fingerprint density at radius 2 is 2.43 bits per heavy atom. The predicted molar refractivity (Wildman–Crippen MR) is 82.2 cm³/mol. The Balaban J connectivity index is 1.77. The fraction of sp³-hybridized carbons (Fsp3) is 0.733. The molecule has 1 aromatic rings. The van der Waals surface area contributed by atoms with Crippen molar-refractivity contribution < 1.29 is 14.6 Å². The van der Waals surface area contributed by atoms with Gasteiger partial charge in [-0.25, -0.2) is 4.98 Å². The van der Waals surface area contributed by atoms with Crippen LogP contribution in [0.3, 0.4) is 0 Å². The number of carbonyl (C=O) groups excluding carboxylic acids is 1. The number of rotatable bonds is 7. The third-order valence-corrected chi connectivity index (χ3v) is 4.91. The van der Waals surface area contributed by atoms with Gasteiger partial charge in [-0.05, 0) is 26.7 Å². The highest BCUT2D eigenvalue weighted by Crippen LogP contribution is 2.24. The maximum absolute atomic E-state index is 11.9. The number of ether oxygens (including phenoxy) is 1. The number of aliphatic hydroxyl groups excluding tert-OH is 1. The molecule has 1 aliphatic rings. The molecule has 1 heterocycles. The molecule has 6 heteroatoms. The molecule has 2 N–H and O–H groups in total. The number of nitrogens with zero attached hydrogens (tertiary/aromatic N) is 1. The lowest BCUT2D eigenvalue weighted by Crippen LogP contribution is -2.33. The average Bonchev–Trinajstić information content (AvgIpc) is 3.06. The molecule has 118 valence electrons. The van der Waals surface area contributed by atoms with Crippen LogP contribution in [0.2, 0.25) is 0 Å². The fourth-order valence-electron chi connectivity index (χ4n) is 2.64. The van der Waals surface area contributed by atoms with Crippen LogP contribution in [0.1, 0.15) is 49.9 Å². The summed E-state index contributed by atoms with van der Waals surface area (Å²) < 4.78 is 5.49. The molecular weight excluding hydrogens is 288 g/mol. The monoisotopic (exact) mass is 312 g/mol. The first-order chi connectivity index (χ1) is 10.1. The number of aliphatic hydroxyl groups is 1. The summed E-state index contributed by atoms with van der Waals surface area (Å²) in [7, 11) is 0. The second-order valence-electron chi connectivity index (χ2n) is 5.51. The molecule has 21 heavy (non-hydrogen) atoms. The van der Waals surface area contributed by atoms with E-state index in [4.69, 9.17) is 4.74 Å². The van der Waals surface area contributed by atoms with Crippen LogP contribution in [0.25, 0.3) is 0 Å². The lowest BCUT2D eigenvalue weighted by atomic mass is 10.1. The Morgan fingerprint density at radius 1 is 1.62 bits per heavy atom. The van der Waals surface area contributed by atoms with Gasteiger partial charge in [-0.3, -0.25) is 4.79 Å². The molecule has 5 nitrogen and oxygen atoms in total. The normalized spacial score (nSPS) is 23.2. The van der Waals surface area contributed by atoms with Gasteiger partial charge in [-0.2, -0.15) is 0 Å². The summed E-state index contributed by atoms with van der Waals surface area (Å²) in [5.74, 6) is 0.174. The van der Waals surface area contributed by atoms with Crippen molar-refractivity contribution in [3.63, 3.8) is 0 Å². The van der Waals surface area contributed by atoms with E-state index in [1.54, 1.807) is 0 Å². The molecule has 3 unspecified atom stereocenters. The van der Waals surface area contributed by atoms with Gasteiger partial charge in [0.15, 0.2) is 0 Å². The summed E-state index contributed by atoms with van der Waals surface area (Å²) in [6.45, 7) is 5.14. The van der Waals surface area contributed by atoms with Crippen LogP contribution in [-0.2, 0) is 16.0 Å². The van der Waals surface area contributed by atoms with Crippen molar-refractivity contribution in [1.82, 2.24) is 10.3 Å². The van der Waals surface area contributed by atoms with E-state index in [1.165, 1.54) is 11.3 Å². The van der Waals surface area contributed by atoms with Crippen molar-refractivity contribution in [2.75, 3.05) is 13.2 Å².